The van der Waals surface area contributed by atoms with Crippen LogP contribution in [0.15, 0.2) is 121 Å². The van der Waals surface area contributed by atoms with Gasteiger partial charge in [0, 0.05) is 42.1 Å². The van der Waals surface area contributed by atoms with Gasteiger partial charge in [-0.2, -0.15) is 0 Å². The molecule has 4 nitrogen and oxygen atoms in total. The molecule has 0 amide bonds. The average Bonchev–Trinajstić information content (AvgIpc) is 3.60. The number of pyridine rings is 1. The van der Waals surface area contributed by atoms with Gasteiger partial charge in [-0.25, -0.2) is 15.0 Å². The molecule has 4 heterocycles. The van der Waals surface area contributed by atoms with E-state index in [1.165, 1.54) is 20.2 Å². The van der Waals surface area contributed by atoms with Crippen LogP contribution in [-0.4, -0.2) is 19.4 Å². The minimum Gasteiger partial charge on any atom is -0.290 e. The van der Waals surface area contributed by atoms with Crippen molar-refractivity contribution in [3.63, 3.8) is 0 Å². The summed E-state index contributed by atoms with van der Waals surface area (Å²) in [5.41, 5.74) is 7.85. The molecule has 5 heteroatoms. The van der Waals surface area contributed by atoms with Crippen molar-refractivity contribution in [1.82, 2.24) is 19.4 Å². The molecule has 0 saturated heterocycles. The number of imidazole rings is 1. The standard InChI is InChI=1S/C35H20N4S/c1-2-11-21(12-3-1)31-30-24-14-4-7-18-27(24)39-28-19-8-6-17-26(28)36-35(39)32(30)38-34(37-31)25-16-10-15-23-22-13-5-9-20-29(22)40-33(23)25/h1-20H. The van der Waals surface area contributed by atoms with E-state index in [1.54, 1.807) is 11.3 Å². The fourth-order valence-electron chi connectivity index (χ4n) is 6.04. The SMILES string of the molecule is c1ccc(-c2nc(-c3cccc4c3sc3ccccc34)nc3c2c2ccccc2n2c4ccccc4nc32)cc1. The third-order valence-electron chi connectivity index (χ3n) is 7.79. The van der Waals surface area contributed by atoms with E-state index in [4.69, 9.17) is 15.0 Å². The molecule has 9 aromatic rings. The van der Waals surface area contributed by atoms with E-state index in [9.17, 15) is 0 Å². The van der Waals surface area contributed by atoms with Crippen LogP contribution in [0, 0.1) is 0 Å². The summed E-state index contributed by atoms with van der Waals surface area (Å²) in [6, 6.07) is 42.3. The second-order valence-electron chi connectivity index (χ2n) is 10.0. The Hall–Kier alpha value is -5.13. The lowest BCUT2D eigenvalue weighted by molar-refractivity contribution is 1.22. The van der Waals surface area contributed by atoms with Gasteiger partial charge >= 0.3 is 0 Å². The minimum absolute atomic E-state index is 0.716. The summed E-state index contributed by atoms with van der Waals surface area (Å²) in [7, 11) is 0. The van der Waals surface area contributed by atoms with Crippen molar-refractivity contribution in [3.05, 3.63) is 121 Å². The van der Waals surface area contributed by atoms with Crippen LogP contribution in [0.3, 0.4) is 0 Å². The second kappa shape index (κ2) is 8.18. The Labute approximate surface area is 232 Å². The fourth-order valence-corrected chi connectivity index (χ4v) is 7.25. The summed E-state index contributed by atoms with van der Waals surface area (Å²) in [5.74, 6) is 0.716. The van der Waals surface area contributed by atoms with Crippen molar-refractivity contribution < 1.29 is 0 Å². The van der Waals surface area contributed by atoms with E-state index < -0.39 is 0 Å². The minimum atomic E-state index is 0.716. The predicted molar refractivity (Wildman–Crippen MR) is 167 cm³/mol. The zero-order valence-corrected chi connectivity index (χ0v) is 22.1. The van der Waals surface area contributed by atoms with E-state index in [1.807, 2.05) is 12.1 Å². The van der Waals surface area contributed by atoms with Gasteiger partial charge in [-0.3, -0.25) is 4.40 Å². The van der Waals surface area contributed by atoms with Crippen LogP contribution in [0.5, 0.6) is 0 Å². The topological polar surface area (TPSA) is 43.1 Å². The molecular weight excluding hydrogens is 508 g/mol. The van der Waals surface area contributed by atoms with Crippen LogP contribution in [0.4, 0.5) is 0 Å². The molecule has 0 fully saturated rings. The van der Waals surface area contributed by atoms with E-state index in [0.29, 0.717) is 5.82 Å². The van der Waals surface area contributed by atoms with Crippen LogP contribution in [-0.2, 0) is 0 Å². The van der Waals surface area contributed by atoms with Crippen LogP contribution in [0.25, 0.3) is 81.3 Å². The summed E-state index contributed by atoms with van der Waals surface area (Å²) in [5, 5.41) is 4.63. The normalized spacial score (nSPS) is 12.0. The summed E-state index contributed by atoms with van der Waals surface area (Å²) < 4.78 is 4.72. The molecule has 0 aliphatic heterocycles. The van der Waals surface area contributed by atoms with Crippen LogP contribution in [0.2, 0.25) is 0 Å². The first-order chi connectivity index (χ1) is 19.8. The third kappa shape index (κ3) is 2.98. The molecule has 0 N–H and O–H groups in total. The van der Waals surface area contributed by atoms with Crippen LogP contribution in [0.1, 0.15) is 0 Å². The molecule has 0 unspecified atom stereocenters. The molecule has 4 aromatic heterocycles. The summed E-state index contributed by atoms with van der Waals surface area (Å²) in [6.45, 7) is 0. The first-order valence-electron chi connectivity index (χ1n) is 13.3. The highest BCUT2D eigenvalue weighted by Crippen LogP contribution is 2.42. The fraction of sp³-hybridized carbons (Fsp3) is 0. The Bertz CT molecular complexity index is 2440. The van der Waals surface area contributed by atoms with Crippen molar-refractivity contribution in [2.24, 2.45) is 0 Å². The van der Waals surface area contributed by atoms with Gasteiger partial charge in [0.25, 0.3) is 0 Å². The smallest absolute Gasteiger partial charge is 0.165 e. The van der Waals surface area contributed by atoms with Gasteiger partial charge in [-0.15, -0.1) is 11.3 Å². The van der Waals surface area contributed by atoms with Crippen molar-refractivity contribution in [2.45, 2.75) is 0 Å². The van der Waals surface area contributed by atoms with Gasteiger partial charge in [-0.1, -0.05) is 91.0 Å². The van der Waals surface area contributed by atoms with E-state index in [-0.39, 0.29) is 0 Å². The molecule has 40 heavy (non-hydrogen) atoms. The first-order valence-corrected chi connectivity index (χ1v) is 14.1. The van der Waals surface area contributed by atoms with Gasteiger partial charge in [0.15, 0.2) is 11.5 Å². The molecule has 0 radical (unpaired) electrons. The lowest BCUT2D eigenvalue weighted by Crippen LogP contribution is -2.00. The van der Waals surface area contributed by atoms with Crippen LogP contribution < -0.4 is 0 Å². The number of para-hydroxylation sites is 3. The Morgan fingerprint density at radius 2 is 1.27 bits per heavy atom. The Kier molecular flexibility index (Phi) is 4.45. The van der Waals surface area contributed by atoms with Crippen LogP contribution >= 0.6 is 11.3 Å². The number of nitrogens with zero attached hydrogens (tertiary/aromatic N) is 4. The molecule has 0 spiro atoms. The zero-order chi connectivity index (χ0) is 26.2. The Morgan fingerprint density at radius 3 is 2.17 bits per heavy atom. The second-order valence-corrected chi connectivity index (χ2v) is 11.1. The third-order valence-corrected chi connectivity index (χ3v) is 9.01. The average molecular weight is 529 g/mol. The molecule has 0 bridgehead atoms. The summed E-state index contributed by atoms with van der Waals surface area (Å²) >= 11 is 1.80. The summed E-state index contributed by atoms with van der Waals surface area (Å²) in [6.07, 6.45) is 0. The lowest BCUT2D eigenvalue weighted by atomic mass is 10.0. The van der Waals surface area contributed by atoms with Gasteiger partial charge in [0.05, 0.1) is 22.2 Å². The maximum Gasteiger partial charge on any atom is 0.165 e. The Balaban J connectivity index is 1.50. The highest BCUT2D eigenvalue weighted by Gasteiger charge is 2.21. The molecule has 0 atom stereocenters. The molecule has 0 aliphatic carbocycles. The highest BCUT2D eigenvalue weighted by molar-refractivity contribution is 7.26. The lowest BCUT2D eigenvalue weighted by Gasteiger charge is -2.14. The Morgan fingerprint density at radius 1 is 0.550 bits per heavy atom. The number of fused-ring (bicyclic) bond motifs is 11. The first kappa shape index (κ1) is 21.8. The monoisotopic (exact) mass is 528 g/mol. The zero-order valence-electron chi connectivity index (χ0n) is 21.2. The van der Waals surface area contributed by atoms with Gasteiger partial charge < -0.3 is 0 Å². The largest absolute Gasteiger partial charge is 0.290 e. The maximum atomic E-state index is 5.34. The van der Waals surface area contributed by atoms with E-state index in [2.05, 4.69) is 114 Å². The quantitative estimate of drug-likeness (QED) is 0.210. The maximum absolute atomic E-state index is 5.34. The molecule has 5 aromatic carbocycles. The molecule has 9 rings (SSSR count). The van der Waals surface area contributed by atoms with Crippen molar-refractivity contribution in [1.29, 1.82) is 0 Å². The number of benzene rings is 5. The number of rotatable bonds is 2. The van der Waals surface area contributed by atoms with Crippen molar-refractivity contribution in [3.8, 4) is 22.6 Å². The highest BCUT2D eigenvalue weighted by atomic mass is 32.1. The van der Waals surface area contributed by atoms with Crippen molar-refractivity contribution in [2.75, 3.05) is 0 Å². The molecule has 0 saturated carbocycles. The summed E-state index contributed by atoms with van der Waals surface area (Å²) in [4.78, 5) is 15.8. The van der Waals surface area contributed by atoms with E-state index in [0.717, 1.165) is 55.3 Å². The van der Waals surface area contributed by atoms with Crippen molar-refractivity contribution >= 4 is 70.0 Å². The number of thiophene rings is 1. The number of aromatic nitrogens is 4. The number of hydrogen-bond donors (Lipinski definition) is 0. The predicted octanol–water partition coefficient (Wildman–Crippen LogP) is 9.29. The van der Waals surface area contributed by atoms with Gasteiger partial charge in [-0.05, 0) is 30.3 Å². The van der Waals surface area contributed by atoms with Gasteiger partial charge in [0.1, 0.15) is 5.52 Å². The van der Waals surface area contributed by atoms with E-state index >= 15 is 0 Å². The molecule has 186 valence electrons. The molecule has 0 aliphatic rings. The number of hydrogen-bond acceptors (Lipinski definition) is 4. The molecular formula is C35H20N4S. The van der Waals surface area contributed by atoms with Gasteiger partial charge in [0.2, 0.25) is 0 Å².